The fourth-order valence-electron chi connectivity index (χ4n) is 1.61. The summed E-state index contributed by atoms with van der Waals surface area (Å²) < 4.78 is 4.61. The van der Waals surface area contributed by atoms with Crippen LogP contribution in [0.2, 0.25) is 0 Å². The summed E-state index contributed by atoms with van der Waals surface area (Å²) in [6.45, 7) is 4.91. The van der Waals surface area contributed by atoms with Crippen molar-refractivity contribution >= 4 is 11.9 Å². The third-order valence-corrected chi connectivity index (χ3v) is 2.97. The summed E-state index contributed by atoms with van der Waals surface area (Å²) in [6, 6.07) is 3.18. The molecule has 0 bridgehead atoms. The molecule has 1 rings (SSSR count). The number of methoxy groups -OCH3 is 1. The number of ether oxygens (including phenoxy) is 1. The van der Waals surface area contributed by atoms with Gasteiger partial charge in [0.25, 0.3) is 0 Å². The zero-order valence-corrected chi connectivity index (χ0v) is 11.8. The zero-order chi connectivity index (χ0) is 14.4. The Hall–Kier alpha value is -1.82. The summed E-state index contributed by atoms with van der Waals surface area (Å²) in [7, 11) is 3.10. The van der Waals surface area contributed by atoms with Crippen LogP contribution in [0, 0.1) is 0 Å². The minimum atomic E-state index is -0.402. The van der Waals surface area contributed by atoms with Crippen molar-refractivity contribution in [1.29, 1.82) is 0 Å². The van der Waals surface area contributed by atoms with E-state index in [-0.39, 0.29) is 11.9 Å². The normalized spacial score (nSPS) is 12.0. The number of nitrogens with one attached hydrogen (secondary N) is 2. The minimum Gasteiger partial charge on any atom is -0.464 e. The summed E-state index contributed by atoms with van der Waals surface area (Å²) in [6.07, 6.45) is 0. The van der Waals surface area contributed by atoms with Crippen LogP contribution in [0.1, 0.15) is 30.0 Å². The van der Waals surface area contributed by atoms with Crippen LogP contribution in [0.4, 0.5) is 0 Å². The lowest BCUT2D eigenvalue weighted by atomic mass is 10.3. The van der Waals surface area contributed by atoms with Crippen molar-refractivity contribution in [2.24, 2.45) is 0 Å². The van der Waals surface area contributed by atoms with Crippen LogP contribution in [0.15, 0.2) is 12.1 Å². The van der Waals surface area contributed by atoms with Gasteiger partial charge >= 0.3 is 5.97 Å². The number of likely N-dealkylation sites (N-methyl/N-ethyl adjacent to an activating group) is 1. The maximum absolute atomic E-state index is 11.8. The molecule has 1 amide bonds. The summed E-state index contributed by atoms with van der Waals surface area (Å²) in [5.74, 6) is -0.358. The van der Waals surface area contributed by atoms with Crippen LogP contribution in [0.5, 0.6) is 0 Å². The third-order valence-electron chi connectivity index (χ3n) is 2.97. The SMILES string of the molecule is CCN(C)C(=O)C(C)NCc1ccc(C(=O)OC)[nH]1. The number of esters is 1. The van der Waals surface area contributed by atoms with Crippen molar-refractivity contribution in [2.75, 3.05) is 20.7 Å². The molecule has 1 atom stereocenters. The smallest absolute Gasteiger partial charge is 0.354 e. The van der Waals surface area contributed by atoms with Crippen LogP contribution in [0.25, 0.3) is 0 Å². The molecule has 0 fully saturated rings. The Morgan fingerprint density at radius 3 is 2.74 bits per heavy atom. The van der Waals surface area contributed by atoms with E-state index in [1.807, 2.05) is 13.8 Å². The highest BCUT2D eigenvalue weighted by Gasteiger charge is 2.16. The molecule has 106 valence electrons. The lowest BCUT2D eigenvalue weighted by molar-refractivity contribution is -0.131. The third kappa shape index (κ3) is 4.10. The molecule has 1 heterocycles. The highest BCUT2D eigenvalue weighted by Crippen LogP contribution is 2.04. The molecular weight excluding hydrogens is 246 g/mol. The van der Waals surface area contributed by atoms with Crippen molar-refractivity contribution in [3.05, 3.63) is 23.5 Å². The topological polar surface area (TPSA) is 74.4 Å². The van der Waals surface area contributed by atoms with Crippen LogP contribution in [0.3, 0.4) is 0 Å². The molecule has 6 nitrogen and oxygen atoms in total. The maximum atomic E-state index is 11.8. The first-order chi connectivity index (χ1) is 8.99. The number of H-pyrrole nitrogens is 1. The van der Waals surface area contributed by atoms with Crippen LogP contribution in [-0.4, -0.2) is 48.5 Å². The van der Waals surface area contributed by atoms with Gasteiger partial charge in [-0.3, -0.25) is 4.79 Å². The second-order valence-electron chi connectivity index (χ2n) is 4.34. The predicted molar refractivity (Wildman–Crippen MR) is 71.7 cm³/mol. The average molecular weight is 267 g/mol. The van der Waals surface area contributed by atoms with Gasteiger partial charge in [-0.1, -0.05) is 0 Å². The number of aromatic amines is 1. The van der Waals surface area contributed by atoms with E-state index in [4.69, 9.17) is 0 Å². The standard InChI is InChI=1S/C13H21N3O3/c1-5-16(3)12(17)9(2)14-8-10-6-7-11(15-10)13(18)19-4/h6-7,9,14-15H,5,8H2,1-4H3. The second-order valence-corrected chi connectivity index (χ2v) is 4.34. The van der Waals surface area contributed by atoms with Gasteiger partial charge in [-0.2, -0.15) is 0 Å². The van der Waals surface area contributed by atoms with Crippen molar-refractivity contribution < 1.29 is 14.3 Å². The van der Waals surface area contributed by atoms with E-state index in [1.54, 1.807) is 24.1 Å². The van der Waals surface area contributed by atoms with Gasteiger partial charge < -0.3 is 19.9 Å². The number of amides is 1. The Balaban J connectivity index is 2.50. The van der Waals surface area contributed by atoms with E-state index in [9.17, 15) is 9.59 Å². The lowest BCUT2D eigenvalue weighted by Crippen LogP contribution is -2.42. The summed E-state index contributed by atoms with van der Waals surface area (Å²) in [5.41, 5.74) is 1.24. The number of carbonyl (C=O) groups excluding carboxylic acids is 2. The van der Waals surface area contributed by atoms with Gasteiger partial charge in [0.2, 0.25) is 5.91 Å². The average Bonchev–Trinajstić information content (AvgIpc) is 2.90. The van der Waals surface area contributed by atoms with Crippen LogP contribution < -0.4 is 5.32 Å². The van der Waals surface area contributed by atoms with E-state index in [0.717, 1.165) is 5.69 Å². The van der Waals surface area contributed by atoms with Gasteiger partial charge in [-0.25, -0.2) is 4.79 Å². The van der Waals surface area contributed by atoms with E-state index < -0.39 is 5.97 Å². The molecule has 1 aromatic rings. The molecule has 1 aromatic heterocycles. The van der Waals surface area contributed by atoms with Crippen molar-refractivity contribution in [1.82, 2.24) is 15.2 Å². The minimum absolute atomic E-state index is 0.0437. The number of aromatic nitrogens is 1. The molecule has 0 saturated heterocycles. The Labute approximate surface area is 113 Å². The number of hydrogen-bond donors (Lipinski definition) is 2. The van der Waals surface area contributed by atoms with Crippen LogP contribution >= 0.6 is 0 Å². The van der Waals surface area contributed by atoms with E-state index in [1.165, 1.54) is 7.11 Å². The summed E-state index contributed by atoms with van der Waals surface area (Å²) in [4.78, 5) is 27.7. The van der Waals surface area contributed by atoms with Crippen molar-refractivity contribution in [2.45, 2.75) is 26.4 Å². The molecule has 1 unspecified atom stereocenters. The van der Waals surface area contributed by atoms with E-state index >= 15 is 0 Å². The fraction of sp³-hybridized carbons (Fsp3) is 0.538. The first-order valence-electron chi connectivity index (χ1n) is 6.24. The monoisotopic (exact) mass is 267 g/mol. The van der Waals surface area contributed by atoms with E-state index in [2.05, 4.69) is 15.0 Å². The van der Waals surface area contributed by atoms with Gasteiger partial charge in [0.05, 0.1) is 13.2 Å². The maximum Gasteiger partial charge on any atom is 0.354 e. The van der Waals surface area contributed by atoms with Gasteiger partial charge in [-0.15, -0.1) is 0 Å². The molecule has 0 aliphatic rings. The molecule has 0 spiro atoms. The zero-order valence-electron chi connectivity index (χ0n) is 11.8. The number of rotatable bonds is 6. The molecule has 0 aliphatic carbocycles. The van der Waals surface area contributed by atoms with E-state index in [0.29, 0.717) is 18.8 Å². The molecule has 0 saturated carbocycles. The molecular formula is C13H21N3O3. The second kappa shape index (κ2) is 6.94. The molecule has 2 N–H and O–H groups in total. The molecule has 0 radical (unpaired) electrons. The highest BCUT2D eigenvalue weighted by molar-refractivity contribution is 5.87. The highest BCUT2D eigenvalue weighted by atomic mass is 16.5. The first-order valence-corrected chi connectivity index (χ1v) is 6.24. The Bertz CT molecular complexity index is 442. The lowest BCUT2D eigenvalue weighted by Gasteiger charge is -2.20. The Morgan fingerprint density at radius 1 is 1.47 bits per heavy atom. The Kier molecular flexibility index (Phi) is 5.57. The fourth-order valence-corrected chi connectivity index (χ4v) is 1.61. The quantitative estimate of drug-likeness (QED) is 0.746. The largest absolute Gasteiger partial charge is 0.464 e. The number of carbonyl (C=O) groups is 2. The summed E-state index contributed by atoms with van der Waals surface area (Å²) >= 11 is 0. The van der Waals surface area contributed by atoms with Gasteiger partial charge in [0, 0.05) is 25.8 Å². The van der Waals surface area contributed by atoms with Crippen molar-refractivity contribution in [3.63, 3.8) is 0 Å². The number of nitrogens with zero attached hydrogens (tertiary/aromatic N) is 1. The van der Waals surface area contributed by atoms with Gasteiger partial charge in [-0.05, 0) is 26.0 Å². The van der Waals surface area contributed by atoms with Crippen LogP contribution in [-0.2, 0) is 16.1 Å². The number of hydrogen-bond acceptors (Lipinski definition) is 4. The molecule has 0 aromatic carbocycles. The Morgan fingerprint density at radius 2 is 2.16 bits per heavy atom. The molecule has 19 heavy (non-hydrogen) atoms. The summed E-state index contributed by atoms with van der Waals surface area (Å²) in [5, 5.41) is 3.11. The van der Waals surface area contributed by atoms with Crippen molar-refractivity contribution in [3.8, 4) is 0 Å². The molecule has 0 aliphatic heterocycles. The first kappa shape index (κ1) is 15.2. The predicted octanol–water partition coefficient (Wildman–Crippen LogP) is 0.758. The molecule has 6 heteroatoms. The van der Waals surface area contributed by atoms with Gasteiger partial charge in [0.1, 0.15) is 5.69 Å². The van der Waals surface area contributed by atoms with Gasteiger partial charge in [0.15, 0.2) is 0 Å².